The van der Waals surface area contributed by atoms with Gasteiger partial charge in [0.1, 0.15) is 21.5 Å². The zero-order chi connectivity index (χ0) is 16.2. The molecule has 0 radical (unpaired) electrons. The maximum atomic E-state index is 11.5. The summed E-state index contributed by atoms with van der Waals surface area (Å²) in [4.78, 5) is 16.2. The minimum absolute atomic E-state index is 0.108. The van der Waals surface area contributed by atoms with Gasteiger partial charge >= 0.3 is 0 Å². The molecule has 3 rings (SSSR count). The first-order chi connectivity index (χ1) is 11.2. The maximum absolute atomic E-state index is 11.5. The van der Waals surface area contributed by atoms with Crippen molar-refractivity contribution in [3.05, 3.63) is 54.6 Å². The average Bonchev–Trinajstić information content (AvgIpc) is 2.99. The Morgan fingerprint density at radius 3 is 2.52 bits per heavy atom. The third kappa shape index (κ3) is 3.40. The van der Waals surface area contributed by atoms with E-state index >= 15 is 0 Å². The van der Waals surface area contributed by atoms with Gasteiger partial charge in [-0.1, -0.05) is 53.8 Å². The van der Waals surface area contributed by atoms with Crippen LogP contribution in [-0.4, -0.2) is 18.0 Å². The lowest BCUT2D eigenvalue weighted by atomic mass is 10.1. The Bertz CT molecular complexity index is 828. The van der Waals surface area contributed by atoms with Crippen LogP contribution in [0, 0.1) is 0 Å². The number of anilines is 1. The number of nitrogens with zero attached hydrogens (tertiary/aromatic N) is 1. The van der Waals surface area contributed by atoms with Gasteiger partial charge in [0, 0.05) is 18.1 Å². The molecule has 1 N–H and O–H groups in total. The standard InChI is InChI=1S/C18H16N2O2S/c1-12(21)19-18-16(13-7-4-3-5-8-13)20-17(23-18)14-9-6-10-15(11-14)22-2/h3-11H,1-2H3,(H,19,21). The zero-order valence-corrected chi connectivity index (χ0v) is 13.7. The smallest absolute Gasteiger partial charge is 0.221 e. The molecule has 0 spiro atoms. The lowest BCUT2D eigenvalue weighted by Crippen LogP contribution is -2.05. The summed E-state index contributed by atoms with van der Waals surface area (Å²) in [5, 5.41) is 4.47. The number of benzene rings is 2. The van der Waals surface area contributed by atoms with Gasteiger partial charge < -0.3 is 10.1 Å². The fourth-order valence-corrected chi connectivity index (χ4v) is 3.27. The summed E-state index contributed by atoms with van der Waals surface area (Å²) in [6.45, 7) is 1.50. The Kier molecular flexibility index (Phi) is 4.39. The molecule has 0 unspecified atom stereocenters. The van der Waals surface area contributed by atoms with Gasteiger partial charge in [0.15, 0.2) is 0 Å². The summed E-state index contributed by atoms with van der Waals surface area (Å²) in [5.41, 5.74) is 2.72. The number of amides is 1. The number of methoxy groups -OCH3 is 1. The molecule has 1 aromatic heterocycles. The number of ether oxygens (including phenoxy) is 1. The second-order valence-electron chi connectivity index (χ2n) is 4.98. The van der Waals surface area contributed by atoms with Crippen molar-refractivity contribution < 1.29 is 9.53 Å². The van der Waals surface area contributed by atoms with Gasteiger partial charge in [0.05, 0.1) is 7.11 Å². The van der Waals surface area contributed by atoms with E-state index in [4.69, 9.17) is 9.72 Å². The highest BCUT2D eigenvalue weighted by atomic mass is 32.1. The van der Waals surface area contributed by atoms with Gasteiger partial charge in [-0.15, -0.1) is 0 Å². The fraction of sp³-hybridized carbons (Fsp3) is 0.111. The highest BCUT2D eigenvalue weighted by Gasteiger charge is 2.15. The van der Waals surface area contributed by atoms with Crippen molar-refractivity contribution in [3.8, 4) is 27.6 Å². The van der Waals surface area contributed by atoms with Crippen molar-refractivity contribution >= 4 is 22.2 Å². The van der Waals surface area contributed by atoms with Crippen molar-refractivity contribution in [2.75, 3.05) is 12.4 Å². The van der Waals surface area contributed by atoms with Crippen LogP contribution in [0.4, 0.5) is 5.00 Å². The second kappa shape index (κ2) is 6.62. The van der Waals surface area contributed by atoms with Crippen molar-refractivity contribution in [1.29, 1.82) is 0 Å². The molecule has 23 heavy (non-hydrogen) atoms. The fourth-order valence-electron chi connectivity index (χ4n) is 2.24. The number of hydrogen-bond acceptors (Lipinski definition) is 4. The molecular formula is C18H16N2O2S. The predicted octanol–water partition coefficient (Wildman–Crippen LogP) is 4.44. The van der Waals surface area contributed by atoms with Gasteiger partial charge in [0.25, 0.3) is 0 Å². The Balaban J connectivity index is 2.09. The van der Waals surface area contributed by atoms with E-state index in [1.54, 1.807) is 7.11 Å². The Hall–Kier alpha value is -2.66. The first-order valence-corrected chi connectivity index (χ1v) is 7.97. The monoisotopic (exact) mass is 324 g/mol. The van der Waals surface area contributed by atoms with Gasteiger partial charge in [-0.3, -0.25) is 4.79 Å². The van der Waals surface area contributed by atoms with Gasteiger partial charge in [0.2, 0.25) is 5.91 Å². The SMILES string of the molecule is COc1cccc(-c2nc(-c3ccccc3)c(NC(C)=O)s2)c1. The molecule has 1 heterocycles. The summed E-state index contributed by atoms with van der Waals surface area (Å²) in [5.74, 6) is 0.670. The first-order valence-electron chi connectivity index (χ1n) is 7.15. The number of carbonyl (C=O) groups is 1. The lowest BCUT2D eigenvalue weighted by Gasteiger charge is -2.01. The van der Waals surface area contributed by atoms with Gasteiger partial charge in [-0.25, -0.2) is 4.98 Å². The molecule has 0 saturated heterocycles. The van der Waals surface area contributed by atoms with Gasteiger partial charge in [-0.05, 0) is 12.1 Å². The number of carbonyl (C=O) groups excluding carboxylic acids is 1. The Morgan fingerprint density at radius 2 is 1.83 bits per heavy atom. The number of thiazole rings is 1. The summed E-state index contributed by atoms with van der Waals surface area (Å²) in [6, 6.07) is 17.6. The number of aromatic nitrogens is 1. The molecule has 1 amide bonds. The summed E-state index contributed by atoms with van der Waals surface area (Å²) in [6.07, 6.45) is 0. The minimum Gasteiger partial charge on any atom is -0.497 e. The maximum Gasteiger partial charge on any atom is 0.221 e. The van der Waals surface area contributed by atoms with E-state index in [1.807, 2.05) is 54.6 Å². The average molecular weight is 324 g/mol. The van der Waals surface area contributed by atoms with Crippen LogP contribution in [-0.2, 0) is 4.79 Å². The van der Waals surface area contributed by atoms with Crippen LogP contribution in [0.3, 0.4) is 0 Å². The quantitative estimate of drug-likeness (QED) is 0.771. The van der Waals surface area contributed by atoms with Gasteiger partial charge in [-0.2, -0.15) is 0 Å². The summed E-state index contributed by atoms with van der Waals surface area (Å²) < 4.78 is 5.27. The van der Waals surface area contributed by atoms with E-state index in [0.717, 1.165) is 32.6 Å². The van der Waals surface area contributed by atoms with Crippen LogP contribution >= 0.6 is 11.3 Å². The molecule has 0 saturated carbocycles. The zero-order valence-electron chi connectivity index (χ0n) is 12.9. The molecule has 5 heteroatoms. The van der Waals surface area contributed by atoms with E-state index in [-0.39, 0.29) is 5.91 Å². The summed E-state index contributed by atoms with van der Waals surface area (Å²) in [7, 11) is 1.64. The molecular weight excluding hydrogens is 308 g/mol. The van der Waals surface area contributed by atoms with E-state index in [9.17, 15) is 4.79 Å². The lowest BCUT2D eigenvalue weighted by molar-refractivity contribution is -0.114. The topological polar surface area (TPSA) is 51.2 Å². The Labute approximate surface area is 138 Å². The van der Waals surface area contributed by atoms with Crippen LogP contribution < -0.4 is 10.1 Å². The second-order valence-corrected chi connectivity index (χ2v) is 5.97. The van der Waals surface area contributed by atoms with Crippen molar-refractivity contribution in [2.45, 2.75) is 6.92 Å². The molecule has 0 aliphatic heterocycles. The van der Waals surface area contributed by atoms with Crippen LogP contribution in [0.1, 0.15) is 6.92 Å². The largest absolute Gasteiger partial charge is 0.497 e. The predicted molar refractivity (Wildman–Crippen MR) is 93.8 cm³/mol. The minimum atomic E-state index is -0.108. The van der Waals surface area contributed by atoms with Crippen LogP contribution in [0.5, 0.6) is 5.75 Å². The first kappa shape index (κ1) is 15.2. The number of nitrogens with one attached hydrogen (secondary N) is 1. The van der Waals surface area contributed by atoms with Crippen LogP contribution in [0.2, 0.25) is 0 Å². The van der Waals surface area contributed by atoms with Crippen LogP contribution in [0.25, 0.3) is 21.8 Å². The van der Waals surface area contributed by atoms with Crippen LogP contribution in [0.15, 0.2) is 54.6 Å². The molecule has 2 aromatic carbocycles. The highest BCUT2D eigenvalue weighted by molar-refractivity contribution is 7.19. The van der Waals surface area contributed by atoms with E-state index < -0.39 is 0 Å². The molecule has 0 aliphatic rings. The molecule has 4 nitrogen and oxygen atoms in total. The highest BCUT2D eigenvalue weighted by Crippen LogP contribution is 2.38. The molecule has 0 fully saturated rings. The van der Waals surface area contributed by atoms with E-state index in [1.165, 1.54) is 18.3 Å². The molecule has 3 aromatic rings. The summed E-state index contributed by atoms with van der Waals surface area (Å²) >= 11 is 1.46. The number of rotatable bonds is 4. The third-order valence-corrected chi connectivity index (χ3v) is 4.30. The van der Waals surface area contributed by atoms with Crippen molar-refractivity contribution in [3.63, 3.8) is 0 Å². The third-order valence-electron chi connectivity index (χ3n) is 3.28. The normalized spacial score (nSPS) is 10.3. The number of hydrogen-bond donors (Lipinski definition) is 1. The molecule has 116 valence electrons. The van der Waals surface area contributed by atoms with E-state index in [2.05, 4.69) is 5.32 Å². The molecule has 0 atom stereocenters. The van der Waals surface area contributed by atoms with Crippen molar-refractivity contribution in [1.82, 2.24) is 4.98 Å². The molecule has 0 aliphatic carbocycles. The van der Waals surface area contributed by atoms with E-state index in [0.29, 0.717) is 0 Å². The Morgan fingerprint density at radius 1 is 1.09 bits per heavy atom. The molecule has 0 bridgehead atoms. The van der Waals surface area contributed by atoms with Crippen molar-refractivity contribution in [2.24, 2.45) is 0 Å².